The Labute approximate surface area is 136 Å². The van der Waals surface area contributed by atoms with Crippen LogP contribution in [-0.4, -0.2) is 33.3 Å². The maximum absolute atomic E-state index is 12.7. The van der Waals surface area contributed by atoms with E-state index in [1.165, 1.54) is 0 Å². The molecule has 1 unspecified atom stereocenters. The lowest BCUT2D eigenvalue weighted by Gasteiger charge is -2.38. The van der Waals surface area contributed by atoms with Gasteiger partial charge in [-0.25, -0.2) is 0 Å². The summed E-state index contributed by atoms with van der Waals surface area (Å²) in [6.45, 7) is 0. The summed E-state index contributed by atoms with van der Waals surface area (Å²) < 4.78 is -0.319. The molecule has 1 aliphatic heterocycles. The standard InChI is InChI=1S/C16H15NO3S2/c18-12-7-9(8-13(19)20)16(21-5-6-22-16)15-14(12)10-3-1-2-4-11(10)17-15/h1-4,9,17H,5-8H2,(H,19,20). The highest BCUT2D eigenvalue weighted by atomic mass is 32.2. The fraction of sp³-hybridized carbons (Fsp3) is 0.375. The van der Waals surface area contributed by atoms with Gasteiger partial charge in [-0.05, 0) is 6.07 Å². The summed E-state index contributed by atoms with van der Waals surface area (Å²) >= 11 is 3.58. The molecular weight excluding hydrogens is 318 g/mol. The number of fused-ring (bicyclic) bond motifs is 4. The lowest BCUT2D eigenvalue weighted by atomic mass is 9.83. The van der Waals surface area contributed by atoms with E-state index in [-0.39, 0.29) is 22.2 Å². The van der Waals surface area contributed by atoms with Crippen LogP contribution in [0.5, 0.6) is 0 Å². The minimum Gasteiger partial charge on any atom is -0.481 e. The molecular formula is C16H15NO3S2. The van der Waals surface area contributed by atoms with Gasteiger partial charge in [0.2, 0.25) is 0 Å². The van der Waals surface area contributed by atoms with Crippen molar-refractivity contribution in [1.29, 1.82) is 0 Å². The minimum atomic E-state index is -0.829. The molecule has 0 bridgehead atoms. The first-order chi connectivity index (χ1) is 10.6. The van der Waals surface area contributed by atoms with Gasteiger partial charge in [0.15, 0.2) is 5.78 Å². The largest absolute Gasteiger partial charge is 0.481 e. The number of para-hydroxylation sites is 1. The quantitative estimate of drug-likeness (QED) is 0.880. The Hall–Kier alpha value is -1.40. The van der Waals surface area contributed by atoms with Crippen LogP contribution in [0, 0.1) is 5.92 Å². The molecule has 1 spiro atoms. The molecule has 22 heavy (non-hydrogen) atoms. The minimum absolute atomic E-state index is 0.0422. The van der Waals surface area contributed by atoms with E-state index in [9.17, 15) is 14.7 Å². The lowest BCUT2D eigenvalue weighted by molar-refractivity contribution is -0.138. The summed E-state index contributed by atoms with van der Waals surface area (Å²) in [7, 11) is 0. The van der Waals surface area contributed by atoms with Crippen LogP contribution in [0.3, 0.4) is 0 Å². The van der Waals surface area contributed by atoms with Gasteiger partial charge in [-0.3, -0.25) is 9.59 Å². The molecule has 0 amide bonds. The van der Waals surface area contributed by atoms with E-state index >= 15 is 0 Å². The molecule has 4 rings (SSSR count). The number of H-pyrrole nitrogens is 1. The number of rotatable bonds is 2. The number of Topliss-reactive ketones (excluding diaryl/α,β-unsaturated/α-hetero) is 1. The third-order valence-electron chi connectivity index (χ3n) is 4.44. The molecule has 1 atom stereocenters. The highest BCUT2D eigenvalue weighted by Crippen LogP contribution is 2.61. The molecule has 1 aliphatic carbocycles. The van der Waals surface area contributed by atoms with Crippen LogP contribution < -0.4 is 0 Å². The van der Waals surface area contributed by atoms with E-state index in [0.717, 1.165) is 33.7 Å². The molecule has 114 valence electrons. The van der Waals surface area contributed by atoms with E-state index in [0.29, 0.717) is 6.42 Å². The van der Waals surface area contributed by atoms with Crippen molar-refractivity contribution in [3.05, 3.63) is 35.5 Å². The zero-order valence-corrected chi connectivity index (χ0v) is 13.4. The number of carboxylic acid groups (broad SMARTS) is 1. The van der Waals surface area contributed by atoms with E-state index in [1.807, 2.05) is 24.3 Å². The Bertz CT molecular complexity index is 777. The number of hydrogen-bond acceptors (Lipinski definition) is 4. The van der Waals surface area contributed by atoms with E-state index in [2.05, 4.69) is 4.98 Å². The molecule has 6 heteroatoms. The van der Waals surface area contributed by atoms with Gasteiger partial charge >= 0.3 is 5.97 Å². The summed E-state index contributed by atoms with van der Waals surface area (Å²) in [6.07, 6.45) is 0.363. The van der Waals surface area contributed by atoms with E-state index in [1.54, 1.807) is 23.5 Å². The average molecular weight is 333 g/mol. The molecule has 1 fully saturated rings. The van der Waals surface area contributed by atoms with Crippen LogP contribution in [-0.2, 0) is 8.87 Å². The van der Waals surface area contributed by atoms with Gasteiger partial charge in [0.1, 0.15) is 4.08 Å². The van der Waals surface area contributed by atoms with Crippen molar-refractivity contribution in [2.24, 2.45) is 5.92 Å². The Morgan fingerprint density at radius 2 is 2.05 bits per heavy atom. The second-order valence-corrected chi connectivity index (χ2v) is 8.65. The number of carbonyl (C=O) groups is 2. The van der Waals surface area contributed by atoms with Crippen LogP contribution in [0.1, 0.15) is 28.9 Å². The highest BCUT2D eigenvalue weighted by molar-refractivity contribution is 8.20. The van der Waals surface area contributed by atoms with E-state index in [4.69, 9.17) is 0 Å². The molecule has 0 saturated carbocycles. The van der Waals surface area contributed by atoms with Crippen molar-refractivity contribution in [2.75, 3.05) is 11.5 Å². The zero-order chi connectivity index (χ0) is 15.3. The molecule has 1 aromatic heterocycles. The van der Waals surface area contributed by atoms with Crippen molar-refractivity contribution >= 4 is 46.2 Å². The molecule has 1 saturated heterocycles. The van der Waals surface area contributed by atoms with Crippen molar-refractivity contribution in [3.63, 3.8) is 0 Å². The number of ketones is 1. The smallest absolute Gasteiger partial charge is 0.303 e. The number of nitrogens with one attached hydrogen (secondary N) is 1. The lowest BCUT2D eigenvalue weighted by Crippen LogP contribution is -2.36. The van der Waals surface area contributed by atoms with Gasteiger partial charge in [0.05, 0.1) is 12.1 Å². The van der Waals surface area contributed by atoms with Crippen molar-refractivity contribution in [1.82, 2.24) is 4.98 Å². The monoisotopic (exact) mass is 333 g/mol. The Morgan fingerprint density at radius 3 is 2.77 bits per heavy atom. The maximum atomic E-state index is 12.7. The third kappa shape index (κ3) is 1.93. The topological polar surface area (TPSA) is 70.2 Å². The normalized spacial score (nSPS) is 23.1. The van der Waals surface area contributed by atoms with Gasteiger partial charge in [-0.15, -0.1) is 23.5 Å². The maximum Gasteiger partial charge on any atom is 0.303 e. The predicted molar refractivity (Wildman–Crippen MR) is 89.6 cm³/mol. The molecule has 2 N–H and O–H groups in total. The van der Waals surface area contributed by atoms with Crippen LogP contribution >= 0.6 is 23.5 Å². The number of carbonyl (C=O) groups excluding carboxylic acids is 1. The van der Waals surface area contributed by atoms with Gasteiger partial charge in [-0.1, -0.05) is 18.2 Å². The zero-order valence-electron chi connectivity index (χ0n) is 11.8. The highest BCUT2D eigenvalue weighted by Gasteiger charge is 2.52. The van der Waals surface area contributed by atoms with Crippen LogP contribution in [0.15, 0.2) is 24.3 Å². The van der Waals surface area contributed by atoms with Gasteiger partial charge in [0.25, 0.3) is 0 Å². The van der Waals surface area contributed by atoms with Gasteiger partial charge in [-0.2, -0.15) is 0 Å². The second kappa shape index (κ2) is 5.06. The Morgan fingerprint density at radius 1 is 1.32 bits per heavy atom. The van der Waals surface area contributed by atoms with Crippen molar-refractivity contribution in [3.8, 4) is 0 Å². The SMILES string of the molecule is O=C(O)CC1CC(=O)c2c([nH]c3ccccc23)C12SCCS2. The Kier molecular flexibility index (Phi) is 3.27. The van der Waals surface area contributed by atoms with Crippen molar-refractivity contribution in [2.45, 2.75) is 16.9 Å². The summed E-state index contributed by atoms with van der Waals surface area (Å²) in [5.41, 5.74) is 2.67. The first kappa shape index (κ1) is 14.2. The molecule has 0 radical (unpaired) electrons. The fourth-order valence-electron chi connectivity index (χ4n) is 3.58. The van der Waals surface area contributed by atoms with Gasteiger partial charge < -0.3 is 10.1 Å². The van der Waals surface area contributed by atoms with Crippen LogP contribution in [0.25, 0.3) is 10.9 Å². The summed E-state index contributed by atoms with van der Waals surface area (Å²) in [5.74, 6) is 1.06. The predicted octanol–water partition coefficient (Wildman–Crippen LogP) is 3.48. The summed E-state index contributed by atoms with van der Waals surface area (Å²) in [4.78, 5) is 27.3. The van der Waals surface area contributed by atoms with Crippen LogP contribution in [0.2, 0.25) is 0 Å². The molecule has 2 aliphatic rings. The summed E-state index contributed by atoms with van der Waals surface area (Å²) in [6, 6.07) is 7.84. The first-order valence-corrected chi connectivity index (χ1v) is 9.23. The van der Waals surface area contributed by atoms with Crippen LogP contribution in [0.4, 0.5) is 0 Å². The third-order valence-corrected chi connectivity index (χ3v) is 8.15. The Balaban J connectivity index is 1.95. The number of aliphatic carboxylic acids is 1. The number of aromatic amines is 1. The number of carboxylic acids is 1. The average Bonchev–Trinajstić information content (AvgIpc) is 3.10. The number of benzene rings is 1. The van der Waals surface area contributed by atoms with E-state index < -0.39 is 5.97 Å². The number of thioether (sulfide) groups is 2. The van der Waals surface area contributed by atoms with Gasteiger partial charge in [0, 0.05) is 40.3 Å². The first-order valence-electron chi connectivity index (χ1n) is 7.26. The second-order valence-electron chi connectivity index (χ2n) is 5.71. The number of aromatic nitrogens is 1. The fourth-order valence-corrected chi connectivity index (χ4v) is 7.09. The molecule has 2 heterocycles. The number of hydrogen-bond donors (Lipinski definition) is 2. The summed E-state index contributed by atoms with van der Waals surface area (Å²) in [5, 5.41) is 10.2. The van der Waals surface area contributed by atoms with Crippen molar-refractivity contribution < 1.29 is 14.7 Å². The molecule has 4 nitrogen and oxygen atoms in total. The molecule has 2 aromatic rings. The molecule has 1 aromatic carbocycles.